The number of phenols is 1. The predicted molar refractivity (Wildman–Crippen MR) is 106 cm³/mol. The molecule has 0 aliphatic rings. The molecule has 152 valence electrons. The molecule has 3 rings (SSSR count). The fourth-order valence-corrected chi connectivity index (χ4v) is 3.83. The summed E-state index contributed by atoms with van der Waals surface area (Å²) < 4.78 is 37.8. The van der Waals surface area contributed by atoms with Gasteiger partial charge in [0.25, 0.3) is 10.1 Å². The third kappa shape index (κ3) is 4.32. The Labute approximate surface area is 169 Å². The fourth-order valence-electron chi connectivity index (χ4n) is 2.65. The monoisotopic (exact) mass is 437 g/mol. The van der Waals surface area contributed by atoms with Crippen LogP contribution in [0.25, 0.3) is 10.8 Å². The van der Waals surface area contributed by atoms with Crippen molar-refractivity contribution in [3.05, 3.63) is 48.0 Å². The number of phenolic OH excluding ortho intramolecular Hbond substituents is 1. The number of azo groups is 1. The molecule has 0 saturated carbocycles. The molecular formula is C17H15N3O7S2. The molecule has 0 bridgehead atoms. The van der Waals surface area contributed by atoms with Crippen molar-refractivity contribution in [2.45, 2.75) is 16.7 Å². The van der Waals surface area contributed by atoms with Gasteiger partial charge in [-0.3, -0.25) is 4.55 Å². The average molecular weight is 437 g/mol. The first-order valence-corrected chi connectivity index (χ1v) is 10.1. The van der Waals surface area contributed by atoms with Crippen molar-refractivity contribution in [2.75, 3.05) is 5.73 Å². The molecule has 0 amide bonds. The third-order valence-electron chi connectivity index (χ3n) is 4.05. The van der Waals surface area contributed by atoms with Gasteiger partial charge in [-0.1, -0.05) is 23.2 Å². The molecule has 29 heavy (non-hydrogen) atoms. The number of nitrogens with two attached hydrogens (primary N) is 1. The molecule has 0 aliphatic heterocycles. The molecule has 0 radical (unpaired) electrons. The molecule has 0 aliphatic carbocycles. The second-order valence-electron chi connectivity index (χ2n) is 5.82. The molecule has 0 atom stereocenters. The maximum absolute atomic E-state index is 11.9. The third-order valence-corrected chi connectivity index (χ3v) is 5.65. The first-order valence-electron chi connectivity index (χ1n) is 7.91. The molecule has 0 heterocycles. The van der Waals surface area contributed by atoms with Gasteiger partial charge in [0.1, 0.15) is 10.6 Å². The van der Waals surface area contributed by atoms with Crippen LogP contribution in [-0.4, -0.2) is 23.3 Å². The highest BCUT2D eigenvalue weighted by Crippen LogP contribution is 2.46. The van der Waals surface area contributed by atoms with Crippen LogP contribution in [0.15, 0.2) is 62.5 Å². The van der Waals surface area contributed by atoms with E-state index >= 15 is 0 Å². The minimum absolute atomic E-state index is 0.113. The molecule has 5 N–H and O–H groups in total. The molecule has 0 unspecified atom stereocenters. The molecule has 0 fully saturated rings. The smallest absolute Gasteiger partial charge is 0.296 e. The summed E-state index contributed by atoms with van der Waals surface area (Å²) in [7, 11) is -4.76. The highest BCUT2D eigenvalue weighted by atomic mass is 32.2. The number of aromatic hydroxyl groups is 1. The topological polar surface area (TPSA) is 164 Å². The number of rotatable bonds is 6. The van der Waals surface area contributed by atoms with Crippen molar-refractivity contribution in [2.24, 2.45) is 10.2 Å². The minimum Gasteiger partial charge on any atom is -0.505 e. The van der Waals surface area contributed by atoms with Gasteiger partial charge < -0.3 is 10.8 Å². The zero-order valence-electron chi connectivity index (χ0n) is 14.8. The summed E-state index contributed by atoms with van der Waals surface area (Å²) in [6.07, 6.45) is 0. The number of hydrogen-bond acceptors (Lipinski definition) is 10. The van der Waals surface area contributed by atoms with E-state index < -0.39 is 26.5 Å². The predicted octanol–water partition coefficient (Wildman–Crippen LogP) is 4.53. The standard InChI is InChI=1S/C17H15N3O7S2/c1-9-12(28-27-26-22)7-10-8-13(29(23,24)25)16(17(21)14(10)15(9)18)20-19-11-5-3-2-4-6-11/h2-8,21-22H,18H2,1H3,(H,23,24,25). The van der Waals surface area contributed by atoms with E-state index in [0.717, 1.165) is 6.07 Å². The zero-order valence-corrected chi connectivity index (χ0v) is 16.4. The largest absolute Gasteiger partial charge is 0.505 e. The van der Waals surface area contributed by atoms with Gasteiger partial charge in [0.15, 0.2) is 5.75 Å². The highest BCUT2D eigenvalue weighted by Gasteiger charge is 2.24. The van der Waals surface area contributed by atoms with E-state index in [0.29, 0.717) is 28.2 Å². The second-order valence-corrected chi connectivity index (χ2v) is 7.95. The van der Waals surface area contributed by atoms with E-state index in [2.05, 4.69) is 19.6 Å². The van der Waals surface area contributed by atoms with Crippen molar-refractivity contribution >= 4 is 50.0 Å². The van der Waals surface area contributed by atoms with Crippen LogP contribution in [0.5, 0.6) is 5.75 Å². The van der Waals surface area contributed by atoms with Crippen LogP contribution < -0.4 is 5.73 Å². The summed E-state index contributed by atoms with van der Waals surface area (Å²) in [6, 6.07) is 11.0. The number of fused-ring (bicyclic) bond motifs is 1. The maximum Gasteiger partial charge on any atom is 0.296 e. The quantitative estimate of drug-likeness (QED) is 0.108. The summed E-state index contributed by atoms with van der Waals surface area (Å²) in [4.78, 5) is -0.274. The van der Waals surface area contributed by atoms with Crippen LogP contribution in [0.4, 0.5) is 17.1 Å². The van der Waals surface area contributed by atoms with Gasteiger partial charge in [-0.15, -0.1) is 9.45 Å². The minimum atomic E-state index is -4.76. The lowest BCUT2D eigenvalue weighted by atomic mass is 10.0. The van der Waals surface area contributed by atoms with Gasteiger partial charge in [-0.25, -0.2) is 5.26 Å². The van der Waals surface area contributed by atoms with E-state index in [4.69, 9.17) is 11.0 Å². The van der Waals surface area contributed by atoms with E-state index in [-0.39, 0.29) is 16.5 Å². The van der Waals surface area contributed by atoms with Crippen LogP contribution in [0.2, 0.25) is 0 Å². The molecule has 3 aromatic rings. The molecule has 12 heteroatoms. The molecule has 3 aromatic carbocycles. The first kappa shape index (κ1) is 21.0. The summed E-state index contributed by atoms with van der Waals surface area (Å²) in [5.41, 5.74) is 6.65. The van der Waals surface area contributed by atoms with Gasteiger partial charge in [-0.2, -0.15) is 13.5 Å². The first-order chi connectivity index (χ1) is 13.7. The van der Waals surface area contributed by atoms with Crippen LogP contribution in [0.1, 0.15) is 5.56 Å². The van der Waals surface area contributed by atoms with Crippen LogP contribution in [0.3, 0.4) is 0 Å². The molecule has 0 aromatic heterocycles. The average Bonchev–Trinajstić information content (AvgIpc) is 2.68. The number of nitrogen functional groups attached to an aromatic ring is 1. The Hall–Kier alpha value is -2.74. The van der Waals surface area contributed by atoms with E-state index in [1.807, 2.05) is 0 Å². The van der Waals surface area contributed by atoms with Crippen LogP contribution >= 0.6 is 12.0 Å². The van der Waals surface area contributed by atoms with E-state index in [1.54, 1.807) is 37.3 Å². The van der Waals surface area contributed by atoms with Gasteiger partial charge in [0, 0.05) is 16.0 Å². The summed E-state index contributed by atoms with van der Waals surface area (Å²) in [6.45, 7) is 1.62. The van der Waals surface area contributed by atoms with Crippen LogP contribution in [-0.2, 0) is 19.5 Å². The van der Waals surface area contributed by atoms with Gasteiger partial charge in [-0.05, 0) is 42.1 Å². The zero-order chi connectivity index (χ0) is 21.2. The Balaban J connectivity index is 2.29. The Bertz CT molecular complexity index is 1200. The normalized spacial score (nSPS) is 12.1. The van der Waals surface area contributed by atoms with Gasteiger partial charge >= 0.3 is 0 Å². The van der Waals surface area contributed by atoms with Crippen molar-refractivity contribution in [3.63, 3.8) is 0 Å². The summed E-state index contributed by atoms with van der Waals surface area (Å²) >= 11 is 0.619. The van der Waals surface area contributed by atoms with Gasteiger partial charge in [0.05, 0.1) is 17.7 Å². The molecule has 0 spiro atoms. The lowest BCUT2D eigenvalue weighted by molar-refractivity contribution is -0.432. The molecule has 10 nitrogen and oxygen atoms in total. The molecular weight excluding hydrogens is 422 g/mol. The maximum atomic E-state index is 11.9. The van der Waals surface area contributed by atoms with E-state index in [1.165, 1.54) is 6.07 Å². The van der Waals surface area contributed by atoms with Crippen molar-refractivity contribution in [1.29, 1.82) is 0 Å². The molecule has 0 saturated heterocycles. The van der Waals surface area contributed by atoms with Crippen molar-refractivity contribution in [1.82, 2.24) is 0 Å². The number of anilines is 1. The summed E-state index contributed by atoms with van der Waals surface area (Å²) in [5, 5.41) is 30.7. The lowest BCUT2D eigenvalue weighted by Crippen LogP contribution is -2.01. The fraction of sp³-hybridized carbons (Fsp3) is 0.0588. The Morgan fingerprint density at radius 3 is 2.45 bits per heavy atom. The van der Waals surface area contributed by atoms with E-state index in [9.17, 15) is 18.1 Å². The van der Waals surface area contributed by atoms with Crippen molar-refractivity contribution < 1.29 is 32.7 Å². The second kappa shape index (κ2) is 8.32. The number of hydrogen-bond donors (Lipinski definition) is 4. The number of nitrogens with zero attached hydrogens (tertiary/aromatic N) is 2. The summed E-state index contributed by atoms with van der Waals surface area (Å²) in [5.74, 6) is -0.564. The van der Waals surface area contributed by atoms with Crippen LogP contribution in [0, 0.1) is 6.92 Å². The lowest BCUT2D eigenvalue weighted by Gasteiger charge is -2.14. The van der Waals surface area contributed by atoms with Gasteiger partial charge in [0.2, 0.25) is 0 Å². The number of benzene rings is 3. The highest BCUT2D eigenvalue weighted by molar-refractivity contribution is 7.94. The Morgan fingerprint density at radius 2 is 1.83 bits per heavy atom. The Kier molecular flexibility index (Phi) is 6.02. The SMILES string of the molecule is Cc1c(SOOO)cc2cc(S(=O)(=O)O)c(N=Nc3ccccc3)c(O)c2c1N. The Morgan fingerprint density at radius 1 is 1.14 bits per heavy atom. The van der Waals surface area contributed by atoms with Crippen molar-refractivity contribution in [3.8, 4) is 5.75 Å².